The first-order chi connectivity index (χ1) is 7.97. The number of nitrogens with one attached hydrogen (secondary N) is 1. The van der Waals surface area contributed by atoms with Crippen LogP contribution < -0.4 is 5.48 Å². The van der Waals surface area contributed by atoms with E-state index in [0.29, 0.717) is 12.3 Å². The lowest BCUT2D eigenvalue weighted by Gasteiger charge is -2.17. The number of hydrogen-bond donors (Lipinski definition) is 1. The van der Waals surface area contributed by atoms with Crippen molar-refractivity contribution in [3.8, 4) is 0 Å². The molecule has 2 nitrogen and oxygen atoms in total. The molecule has 0 amide bonds. The van der Waals surface area contributed by atoms with Crippen LogP contribution in [0.2, 0.25) is 0 Å². The molecule has 0 heterocycles. The van der Waals surface area contributed by atoms with Gasteiger partial charge >= 0.3 is 6.36 Å². The Morgan fingerprint density at radius 2 is 2.18 bits per heavy atom. The van der Waals surface area contributed by atoms with Crippen molar-refractivity contribution < 1.29 is 18.0 Å². The van der Waals surface area contributed by atoms with Crippen LogP contribution in [-0.2, 0) is 4.84 Å². The van der Waals surface area contributed by atoms with Crippen LogP contribution in [0.1, 0.15) is 32.6 Å². The van der Waals surface area contributed by atoms with Crippen LogP contribution in [0.15, 0.2) is 24.3 Å². The van der Waals surface area contributed by atoms with E-state index in [1.54, 1.807) is 6.92 Å². The molecule has 98 valence electrons. The summed E-state index contributed by atoms with van der Waals surface area (Å²) in [4.78, 5) is 3.56. The second-order valence-corrected chi connectivity index (χ2v) is 4.31. The van der Waals surface area contributed by atoms with Crippen molar-refractivity contribution in [3.63, 3.8) is 0 Å². The monoisotopic (exact) mass is 249 g/mol. The van der Waals surface area contributed by atoms with Crippen molar-refractivity contribution in [3.05, 3.63) is 24.3 Å². The molecule has 2 unspecified atom stereocenters. The Kier molecular flexibility index (Phi) is 5.71. The molecule has 0 aliphatic heterocycles. The van der Waals surface area contributed by atoms with Gasteiger partial charge in [-0.15, -0.1) is 13.2 Å². The maximum absolute atomic E-state index is 11.7. The summed E-state index contributed by atoms with van der Waals surface area (Å²) in [5.74, 6) is 0.524. The van der Waals surface area contributed by atoms with E-state index in [1.165, 1.54) is 0 Å². The van der Waals surface area contributed by atoms with Crippen molar-refractivity contribution in [2.75, 3.05) is 0 Å². The van der Waals surface area contributed by atoms with E-state index in [4.69, 9.17) is 0 Å². The van der Waals surface area contributed by atoms with Crippen molar-refractivity contribution in [2.24, 2.45) is 5.92 Å². The Bertz CT molecular complexity index is 273. The van der Waals surface area contributed by atoms with E-state index in [1.807, 2.05) is 17.6 Å². The van der Waals surface area contributed by atoms with E-state index in [0.717, 1.165) is 19.3 Å². The SMILES string of the molecule is CC(CCCC1C=CC=CC1)NOC(F)(F)F. The Morgan fingerprint density at radius 1 is 1.41 bits per heavy atom. The molecule has 0 saturated heterocycles. The first kappa shape index (κ1) is 14.3. The first-order valence-corrected chi connectivity index (χ1v) is 5.81. The highest BCUT2D eigenvalue weighted by molar-refractivity contribution is 5.10. The quantitative estimate of drug-likeness (QED) is 0.724. The summed E-state index contributed by atoms with van der Waals surface area (Å²) in [7, 11) is 0. The number of rotatable bonds is 6. The maximum Gasteiger partial charge on any atom is 0.538 e. The number of allylic oxidation sites excluding steroid dienone is 4. The van der Waals surface area contributed by atoms with Crippen molar-refractivity contribution in [1.82, 2.24) is 5.48 Å². The number of halogens is 3. The molecular formula is C12H18F3NO. The van der Waals surface area contributed by atoms with E-state index >= 15 is 0 Å². The number of alkyl halides is 3. The zero-order valence-corrected chi connectivity index (χ0v) is 9.83. The average molecular weight is 249 g/mol. The predicted molar refractivity (Wildman–Crippen MR) is 60.0 cm³/mol. The average Bonchev–Trinajstić information content (AvgIpc) is 2.27. The highest BCUT2D eigenvalue weighted by atomic mass is 19.4. The molecule has 0 saturated carbocycles. The summed E-state index contributed by atoms with van der Waals surface area (Å²) < 4.78 is 35.2. The molecular weight excluding hydrogens is 231 g/mol. The van der Waals surface area contributed by atoms with Gasteiger partial charge in [0.05, 0.1) is 0 Å². The van der Waals surface area contributed by atoms with Crippen LogP contribution >= 0.6 is 0 Å². The van der Waals surface area contributed by atoms with Crippen LogP contribution in [0.3, 0.4) is 0 Å². The fourth-order valence-corrected chi connectivity index (χ4v) is 1.76. The van der Waals surface area contributed by atoms with Crippen molar-refractivity contribution in [2.45, 2.75) is 45.0 Å². The normalized spacial score (nSPS) is 21.8. The molecule has 1 aliphatic carbocycles. The number of hydrogen-bond acceptors (Lipinski definition) is 2. The molecule has 1 rings (SSSR count). The third kappa shape index (κ3) is 7.18. The molecule has 5 heteroatoms. The molecule has 0 spiro atoms. The molecule has 1 N–H and O–H groups in total. The molecule has 1 aliphatic rings. The van der Waals surface area contributed by atoms with E-state index < -0.39 is 6.36 Å². The zero-order valence-electron chi connectivity index (χ0n) is 9.83. The van der Waals surface area contributed by atoms with Gasteiger partial charge in [-0.05, 0) is 32.1 Å². The van der Waals surface area contributed by atoms with Gasteiger partial charge in [-0.2, -0.15) is 5.48 Å². The first-order valence-electron chi connectivity index (χ1n) is 5.81. The van der Waals surface area contributed by atoms with E-state index in [9.17, 15) is 13.2 Å². The largest absolute Gasteiger partial charge is 0.538 e. The van der Waals surface area contributed by atoms with Gasteiger partial charge in [0.15, 0.2) is 0 Å². The number of hydroxylamine groups is 1. The fourth-order valence-electron chi connectivity index (χ4n) is 1.76. The molecule has 17 heavy (non-hydrogen) atoms. The molecule has 2 atom stereocenters. The third-order valence-electron chi connectivity index (χ3n) is 2.66. The van der Waals surface area contributed by atoms with Gasteiger partial charge in [0, 0.05) is 6.04 Å². The minimum absolute atomic E-state index is 0.292. The molecule has 0 fully saturated rings. The zero-order chi connectivity index (χ0) is 12.7. The summed E-state index contributed by atoms with van der Waals surface area (Å²) >= 11 is 0. The lowest BCUT2D eigenvalue weighted by Crippen LogP contribution is -2.32. The van der Waals surface area contributed by atoms with Gasteiger partial charge in [-0.3, -0.25) is 0 Å². The van der Waals surface area contributed by atoms with Gasteiger partial charge < -0.3 is 0 Å². The van der Waals surface area contributed by atoms with E-state index in [2.05, 4.69) is 17.0 Å². The molecule has 0 aromatic carbocycles. The summed E-state index contributed by atoms with van der Waals surface area (Å²) in [6.45, 7) is 1.68. The lowest BCUT2D eigenvalue weighted by atomic mass is 9.94. The maximum atomic E-state index is 11.7. The second kappa shape index (κ2) is 6.81. The topological polar surface area (TPSA) is 21.3 Å². The van der Waals surface area contributed by atoms with Gasteiger partial charge in [-0.1, -0.05) is 30.7 Å². The molecule has 0 aromatic heterocycles. The van der Waals surface area contributed by atoms with Crippen LogP contribution in [0.5, 0.6) is 0 Å². The highest BCUT2D eigenvalue weighted by Gasteiger charge is 2.30. The van der Waals surface area contributed by atoms with Crippen molar-refractivity contribution >= 4 is 0 Å². The summed E-state index contributed by atoms with van der Waals surface area (Å²) in [5.41, 5.74) is 2.00. The molecule has 0 radical (unpaired) electrons. The van der Waals surface area contributed by atoms with Gasteiger partial charge in [0.2, 0.25) is 0 Å². The van der Waals surface area contributed by atoms with Crippen LogP contribution in [0, 0.1) is 5.92 Å². The van der Waals surface area contributed by atoms with Crippen molar-refractivity contribution in [1.29, 1.82) is 0 Å². The van der Waals surface area contributed by atoms with Crippen LogP contribution in [0.4, 0.5) is 13.2 Å². The smallest absolute Gasteiger partial charge is 0.203 e. The van der Waals surface area contributed by atoms with Crippen LogP contribution in [-0.4, -0.2) is 12.4 Å². The van der Waals surface area contributed by atoms with Gasteiger partial charge in [-0.25, -0.2) is 4.84 Å². The third-order valence-corrected chi connectivity index (χ3v) is 2.66. The summed E-state index contributed by atoms with van der Waals surface area (Å²) in [6.07, 6.45) is 7.26. The van der Waals surface area contributed by atoms with Crippen LogP contribution in [0.25, 0.3) is 0 Å². The minimum atomic E-state index is -4.61. The minimum Gasteiger partial charge on any atom is -0.203 e. The van der Waals surface area contributed by atoms with Gasteiger partial charge in [0.1, 0.15) is 0 Å². The Labute approximate surface area is 99.5 Å². The van der Waals surface area contributed by atoms with E-state index in [-0.39, 0.29) is 6.04 Å². The predicted octanol–water partition coefficient (Wildman–Crippen LogP) is 3.72. The molecule has 0 bridgehead atoms. The Balaban J connectivity index is 2.06. The highest BCUT2D eigenvalue weighted by Crippen LogP contribution is 2.19. The lowest BCUT2D eigenvalue weighted by molar-refractivity contribution is -0.354. The molecule has 0 aromatic rings. The Hall–Kier alpha value is -0.810. The van der Waals surface area contributed by atoms with Gasteiger partial charge in [0.25, 0.3) is 0 Å². The second-order valence-electron chi connectivity index (χ2n) is 4.31. The summed E-state index contributed by atoms with van der Waals surface area (Å²) in [5, 5.41) is 0. The Morgan fingerprint density at radius 3 is 2.76 bits per heavy atom. The summed E-state index contributed by atoms with van der Waals surface area (Å²) in [6, 6.07) is -0.292. The fraction of sp³-hybridized carbons (Fsp3) is 0.667. The standard InChI is InChI=1S/C12H18F3NO/c1-10(16-17-12(13,14)15)6-5-9-11-7-3-2-4-8-11/h2-4,7,10-11,16H,5-6,8-9H2,1H3.